The van der Waals surface area contributed by atoms with Gasteiger partial charge >= 0.3 is 5.97 Å². The van der Waals surface area contributed by atoms with Crippen molar-refractivity contribution in [2.24, 2.45) is 5.41 Å². The van der Waals surface area contributed by atoms with Crippen LogP contribution in [-0.2, 0) is 4.79 Å². The molecule has 1 fully saturated rings. The summed E-state index contributed by atoms with van der Waals surface area (Å²) in [7, 11) is 0. The van der Waals surface area contributed by atoms with Crippen LogP contribution in [0.3, 0.4) is 0 Å². The Morgan fingerprint density at radius 3 is 3.00 bits per heavy atom. The number of carbonyl (C=O) groups excluding carboxylic acids is 1. The molecule has 110 valence electrons. The minimum Gasteiger partial charge on any atom is -0.481 e. The average molecular weight is 287 g/mol. The van der Waals surface area contributed by atoms with Crippen molar-refractivity contribution in [1.82, 2.24) is 15.1 Å². The fourth-order valence-electron chi connectivity index (χ4n) is 2.85. The molecule has 2 heterocycles. The molecule has 3 rings (SSSR count). The molecule has 0 radical (unpaired) electrons. The van der Waals surface area contributed by atoms with Gasteiger partial charge < -0.3 is 10.0 Å². The molecule has 1 amide bonds. The number of fused-ring (bicyclic) bond motifs is 1. The monoisotopic (exact) mass is 287 g/mol. The van der Waals surface area contributed by atoms with Crippen LogP contribution in [-0.4, -0.2) is 45.2 Å². The molecule has 1 aromatic carbocycles. The van der Waals surface area contributed by atoms with Crippen LogP contribution < -0.4 is 0 Å². The summed E-state index contributed by atoms with van der Waals surface area (Å²) in [6.45, 7) is 2.56. The first-order valence-corrected chi connectivity index (χ1v) is 6.95. The smallest absolute Gasteiger partial charge is 0.311 e. The Balaban J connectivity index is 1.85. The molecule has 0 aliphatic carbocycles. The highest BCUT2D eigenvalue weighted by Crippen LogP contribution is 2.30. The third-order valence-electron chi connectivity index (χ3n) is 4.19. The number of benzene rings is 1. The standard InChI is InChI=1S/C15H17N3O3/c1-15(14(20)21)5-2-6-18(9-15)13(19)10-3-4-12-11(7-10)8-16-17-12/h3-4,7-8H,2,5-6,9H2,1H3,(H,16,17)(H,20,21). The van der Waals surface area contributed by atoms with Gasteiger partial charge in [0, 0.05) is 24.0 Å². The molecule has 1 saturated heterocycles. The molecular weight excluding hydrogens is 270 g/mol. The summed E-state index contributed by atoms with van der Waals surface area (Å²) in [6, 6.07) is 5.35. The molecule has 6 heteroatoms. The number of amides is 1. The SMILES string of the molecule is CC1(C(=O)O)CCCN(C(=O)c2ccc3[nH]ncc3c2)C1. The Bertz CT molecular complexity index is 709. The summed E-state index contributed by atoms with van der Waals surface area (Å²) in [5.41, 5.74) is 0.590. The number of aliphatic carboxylic acids is 1. The Morgan fingerprint density at radius 1 is 1.43 bits per heavy atom. The van der Waals surface area contributed by atoms with E-state index in [0.29, 0.717) is 24.9 Å². The van der Waals surface area contributed by atoms with E-state index in [-0.39, 0.29) is 12.5 Å². The molecule has 2 aromatic rings. The predicted octanol–water partition coefficient (Wildman–Crippen LogP) is 1.89. The third-order valence-corrected chi connectivity index (χ3v) is 4.19. The first-order chi connectivity index (χ1) is 9.99. The van der Waals surface area contributed by atoms with Crippen LogP contribution in [0.25, 0.3) is 10.9 Å². The molecule has 0 spiro atoms. The highest BCUT2D eigenvalue weighted by molar-refractivity contribution is 5.98. The maximum absolute atomic E-state index is 12.6. The Hall–Kier alpha value is -2.37. The van der Waals surface area contributed by atoms with Crippen molar-refractivity contribution in [2.45, 2.75) is 19.8 Å². The van der Waals surface area contributed by atoms with Gasteiger partial charge in [-0.1, -0.05) is 0 Å². The molecule has 21 heavy (non-hydrogen) atoms. The van der Waals surface area contributed by atoms with Crippen LogP contribution in [0, 0.1) is 5.41 Å². The van der Waals surface area contributed by atoms with Crippen molar-refractivity contribution in [1.29, 1.82) is 0 Å². The van der Waals surface area contributed by atoms with Crippen LogP contribution in [0.15, 0.2) is 24.4 Å². The molecule has 1 aliphatic rings. The third kappa shape index (κ3) is 2.37. The first kappa shape index (κ1) is 13.6. The van der Waals surface area contributed by atoms with E-state index < -0.39 is 11.4 Å². The van der Waals surface area contributed by atoms with E-state index in [1.165, 1.54) is 0 Å². The van der Waals surface area contributed by atoms with Crippen molar-refractivity contribution >= 4 is 22.8 Å². The number of aromatic nitrogens is 2. The number of piperidine rings is 1. The second-order valence-corrected chi connectivity index (χ2v) is 5.87. The Labute approximate surface area is 121 Å². The lowest BCUT2D eigenvalue weighted by Crippen LogP contribution is -2.48. The van der Waals surface area contributed by atoms with Crippen molar-refractivity contribution < 1.29 is 14.7 Å². The summed E-state index contributed by atoms with van der Waals surface area (Å²) >= 11 is 0. The molecular formula is C15H17N3O3. The Morgan fingerprint density at radius 2 is 2.24 bits per heavy atom. The van der Waals surface area contributed by atoms with Gasteiger partial charge in [-0.3, -0.25) is 14.7 Å². The fraction of sp³-hybridized carbons (Fsp3) is 0.400. The zero-order valence-corrected chi connectivity index (χ0v) is 11.8. The second-order valence-electron chi connectivity index (χ2n) is 5.87. The van der Waals surface area contributed by atoms with Crippen LogP contribution >= 0.6 is 0 Å². The highest BCUT2D eigenvalue weighted by atomic mass is 16.4. The van der Waals surface area contributed by atoms with Gasteiger partial charge in [0.25, 0.3) is 5.91 Å². The largest absolute Gasteiger partial charge is 0.481 e. The summed E-state index contributed by atoms with van der Waals surface area (Å²) < 4.78 is 0. The minimum atomic E-state index is -0.854. The van der Waals surface area contributed by atoms with Gasteiger partial charge in [0.15, 0.2) is 0 Å². The molecule has 0 saturated carbocycles. The summed E-state index contributed by atoms with van der Waals surface area (Å²) in [6.07, 6.45) is 2.99. The number of aromatic amines is 1. The van der Waals surface area contributed by atoms with E-state index in [0.717, 1.165) is 10.9 Å². The molecule has 1 atom stereocenters. The van der Waals surface area contributed by atoms with Gasteiger partial charge in [0.05, 0.1) is 17.1 Å². The number of rotatable bonds is 2. The summed E-state index contributed by atoms with van der Waals surface area (Å²) in [5.74, 6) is -0.962. The first-order valence-electron chi connectivity index (χ1n) is 6.95. The van der Waals surface area contributed by atoms with Gasteiger partial charge in [-0.2, -0.15) is 5.10 Å². The lowest BCUT2D eigenvalue weighted by molar-refractivity contribution is -0.150. The van der Waals surface area contributed by atoms with Gasteiger partial charge in [0.2, 0.25) is 0 Å². The topological polar surface area (TPSA) is 86.3 Å². The summed E-state index contributed by atoms with van der Waals surface area (Å²) in [5, 5.41) is 17.0. The predicted molar refractivity (Wildman–Crippen MR) is 77.0 cm³/mol. The van der Waals surface area contributed by atoms with E-state index in [1.807, 2.05) is 6.07 Å². The summed E-state index contributed by atoms with van der Waals surface area (Å²) in [4.78, 5) is 25.6. The molecule has 6 nitrogen and oxygen atoms in total. The zero-order valence-electron chi connectivity index (χ0n) is 11.8. The van der Waals surface area contributed by atoms with Crippen LogP contribution in [0.1, 0.15) is 30.1 Å². The maximum Gasteiger partial charge on any atom is 0.311 e. The fourth-order valence-corrected chi connectivity index (χ4v) is 2.85. The lowest BCUT2D eigenvalue weighted by Gasteiger charge is -2.37. The van der Waals surface area contributed by atoms with Crippen molar-refractivity contribution in [3.05, 3.63) is 30.0 Å². The molecule has 1 aromatic heterocycles. The number of carbonyl (C=O) groups is 2. The number of hydrogen-bond acceptors (Lipinski definition) is 3. The maximum atomic E-state index is 12.6. The highest BCUT2D eigenvalue weighted by Gasteiger charge is 2.39. The van der Waals surface area contributed by atoms with Gasteiger partial charge in [-0.05, 0) is 38.0 Å². The van der Waals surface area contributed by atoms with E-state index in [1.54, 1.807) is 30.2 Å². The Kier molecular flexibility index (Phi) is 3.16. The van der Waals surface area contributed by atoms with Crippen LogP contribution in [0.4, 0.5) is 0 Å². The zero-order chi connectivity index (χ0) is 15.0. The van der Waals surface area contributed by atoms with E-state index in [9.17, 15) is 14.7 Å². The normalized spacial score (nSPS) is 22.4. The van der Waals surface area contributed by atoms with Gasteiger partial charge in [-0.15, -0.1) is 0 Å². The van der Waals surface area contributed by atoms with E-state index in [4.69, 9.17) is 0 Å². The number of carboxylic acid groups (broad SMARTS) is 1. The quantitative estimate of drug-likeness (QED) is 0.883. The molecule has 1 unspecified atom stereocenters. The van der Waals surface area contributed by atoms with Gasteiger partial charge in [0.1, 0.15) is 0 Å². The van der Waals surface area contributed by atoms with Crippen molar-refractivity contribution in [3.63, 3.8) is 0 Å². The molecule has 0 bridgehead atoms. The molecule has 2 N–H and O–H groups in total. The van der Waals surface area contributed by atoms with Gasteiger partial charge in [-0.25, -0.2) is 0 Å². The number of likely N-dealkylation sites (tertiary alicyclic amines) is 1. The number of nitrogens with one attached hydrogen (secondary N) is 1. The average Bonchev–Trinajstić information content (AvgIpc) is 2.93. The number of hydrogen-bond donors (Lipinski definition) is 2. The minimum absolute atomic E-state index is 0.120. The van der Waals surface area contributed by atoms with Crippen LogP contribution in [0.5, 0.6) is 0 Å². The lowest BCUT2D eigenvalue weighted by atomic mass is 9.82. The number of nitrogens with zero attached hydrogens (tertiary/aromatic N) is 2. The molecule has 1 aliphatic heterocycles. The second kappa shape index (κ2) is 4.87. The van der Waals surface area contributed by atoms with Crippen LogP contribution in [0.2, 0.25) is 0 Å². The number of carboxylic acids is 1. The van der Waals surface area contributed by atoms with Crippen molar-refractivity contribution in [2.75, 3.05) is 13.1 Å². The number of H-pyrrole nitrogens is 1. The van der Waals surface area contributed by atoms with E-state index >= 15 is 0 Å². The van der Waals surface area contributed by atoms with Crippen molar-refractivity contribution in [3.8, 4) is 0 Å². The van der Waals surface area contributed by atoms with E-state index in [2.05, 4.69) is 10.2 Å².